The second-order valence-electron chi connectivity index (χ2n) is 5.16. The average Bonchev–Trinajstić information content (AvgIpc) is 2.69. The Morgan fingerprint density at radius 2 is 2.10 bits per heavy atom. The molecule has 0 N–H and O–H groups in total. The Labute approximate surface area is 62.0 Å². The van der Waals surface area contributed by atoms with Crippen LogP contribution in [0.3, 0.4) is 0 Å². The molecule has 0 aromatic rings. The van der Waals surface area contributed by atoms with Gasteiger partial charge in [-0.15, -0.1) is 0 Å². The van der Waals surface area contributed by atoms with Crippen LogP contribution in [0.5, 0.6) is 0 Å². The molecule has 4 aliphatic carbocycles. The minimum absolute atomic E-state index is 1.02. The Kier molecular flexibility index (Phi) is 0.479. The smallest absolute Gasteiger partial charge is 0.0198 e. The van der Waals surface area contributed by atoms with Crippen LogP contribution in [0.4, 0.5) is 0 Å². The summed E-state index contributed by atoms with van der Waals surface area (Å²) in [7, 11) is 0. The fraction of sp³-hybridized carbons (Fsp3) is 1.00. The molecule has 0 radical (unpaired) electrons. The monoisotopic (exact) mass is 134 g/mol. The fourth-order valence-corrected chi connectivity index (χ4v) is 4.83. The molecule has 4 fully saturated rings. The molecule has 2 bridgehead atoms. The lowest BCUT2D eigenvalue weighted by atomic mass is 9.89. The van der Waals surface area contributed by atoms with Gasteiger partial charge in [0.1, 0.15) is 0 Å². The molecule has 0 amide bonds. The van der Waals surface area contributed by atoms with E-state index in [1.165, 1.54) is 23.7 Å². The van der Waals surface area contributed by atoms with Gasteiger partial charge >= 0.3 is 0 Å². The Hall–Kier alpha value is 0. The second kappa shape index (κ2) is 1.00. The minimum Gasteiger partial charge on any atom is -0.0619 e. The predicted molar refractivity (Wildman–Crippen MR) is 39.4 cm³/mol. The second-order valence-corrected chi connectivity index (χ2v) is 5.16. The molecule has 6 atom stereocenters. The molecule has 0 saturated heterocycles. The largest absolute Gasteiger partial charge is 0.0619 e. The van der Waals surface area contributed by atoms with Gasteiger partial charge in [-0.3, -0.25) is 0 Å². The van der Waals surface area contributed by atoms with Gasteiger partial charge in [0.25, 0.3) is 0 Å². The summed E-state index contributed by atoms with van der Waals surface area (Å²) < 4.78 is 0. The molecular weight excluding hydrogens is 120 g/mol. The first kappa shape index (κ1) is 4.79. The highest BCUT2D eigenvalue weighted by Gasteiger charge is 2.88. The minimum atomic E-state index is 1.02. The van der Waals surface area contributed by atoms with Crippen molar-refractivity contribution in [1.82, 2.24) is 0 Å². The number of rotatable bonds is 0. The third kappa shape index (κ3) is 0.245. The highest BCUT2D eigenvalue weighted by atomic mass is 14.9. The van der Waals surface area contributed by atoms with Crippen molar-refractivity contribution in [3.05, 3.63) is 0 Å². The summed E-state index contributed by atoms with van der Waals surface area (Å²) in [4.78, 5) is 0. The normalized spacial score (nSPS) is 80.7. The van der Waals surface area contributed by atoms with Gasteiger partial charge in [0.05, 0.1) is 0 Å². The lowest BCUT2D eigenvalue weighted by molar-refractivity contribution is 0.335. The molecule has 4 saturated carbocycles. The summed E-state index contributed by atoms with van der Waals surface area (Å²) in [5, 5.41) is 0. The van der Waals surface area contributed by atoms with E-state index in [-0.39, 0.29) is 0 Å². The van der Waals surface area contributed by atoms with Crippen molar-refractivity contribution in [3.8, 4) is 0 Å². The molecule has 6 unspecified atom stereocenters. The van der Waals surface area contributed by atoms with E-state index < -0.39 is 0 Å². The van der Waals surface area contributed by atoms with Gasteiger partial charge in [0.15, 0.2) is 0 Å². The Bertz CT molecular complexity index is 218. The summed E-state index contributed by atoms with van der Waals surface area (Å²) in [6, 6.07) is 0. The molecule has 0 aromatic carbocycles. The molecule has 1 spiro atoms. The van der Waals surface area contributed by atoms with Crippen LogP contribution in [0, 0.1) is 35.0 Å². The Morgan fingerprint density at radius 1 is 1.20 bits per heavy atom. The van der Waals surface area contributed by atoms with E-state index in [0.29, 0.717) is 0 Å². The molecule has 0 heterocycles. The summed E-state index contributed by atoms with van der Waals surface area (Å²) >= 11 is 0. The van der Waals surface area contributed by atoms with Gasteiger partial charge in [-0.2, -0.15) is 0 Å². The van der Waals surface area contributed by atoms with Crippen molar-refractivity contribution in [2.75, 3.05) is 0 Å². The van der Waals surface area contributed by atoms with E-state index in [1.807, 2.05) is 0 Å². The van der Waals surface area contributed by atoms with Crippen LogP contribution in [0.2, 0.25) is 0 Å². The standard InChI is InChI=1S/C10H14/c1-5-6-2-3-7(5)10-4-8(10)9(6)10/h5-9H,2-4H2,1H3. The van der Waals surface area contributed by atoms with Gasteiger partial charge in [0, 0.05) is 0 Å². The maximum atomic E-state index is 2.51. The third-order valence-corrected chi connectivity index (χ3v) is 5.32. The van der Waals surface area contributed by atoms with Crippen LogP contribution < -0.4 is 0 Å². The zero-order chi connectivity index (χ0) is 6.51. The molecule has 0 heteroatoms. The average molecular weight is 134 g/mol. The summed E-state index contributed by atoms with van der Waals surface area (Å²) in [5.41, 5.74) is 1.02. The van der Waals surface area contributed by atoms with Crippen molar-refractivity contribution < 1.29 is 0 Å². The van der Waals surface area contributed by atoms with Crippen LogP contribution in [-0.2, 0) is 0 Å². The highest BCUT2D eigenvalue weighted by Crippen LogP contribution is 2.93. The molecule has 0 nitrogen and oxygen atoms in total. The number of fused-ring (bicyclic) bond motifs is 4. The predicted octanol–water partition coefficient (Wildman–Crippen LogP) is 2.30. The topological polar surface area (TPSA) is 0 Å². The summed E-state index contributed by atoms with van der Waals surface area (Å²) in [6.07, 6.45) is 4.83. The van der Waals surface area contributed by atoms with Gasteiger partial charge in [-0.05, 0) is 54.3 Å². The molecule has 4 rings (SSSR count). The van der Waals surface area contributed by atoms with E-state index >= 15 is 0 Å². The zero-order valence-corrected chi connectivity index (χ0v) is 6.51. The highest BCUT2D eigenvalue weighted by molar-refractivity contribution is 5.35. The quantitative estimate of drug-likeness (QED) is 0.477. The zero-order valence-electron chi connectivity index (χ0n) is 6.51. The van der Waals surface area contributed by atoms with Gasteiger partial charge in [-0.1, -0.05) is 6.92 Å². The van der Waals surface area contributed by atoms with E-state index in [9.17, 15) is 0 Å². The Balaban J connectivity index is 1.89. The van der Waals surface area contributed by atoms with Crippen LogP contribution in [0.1, 0.15) is 26.2 Å². The third-order valence-electron chi connectivity index (χ3n) is 5.32. The van der Waals surface area contributed by atoms with E-state index in [0.717, 1.165) is 11.3 Å². The molecule has 10 heavy (non-hydrogen) atoms. The SMILES string of the molecule is CC1C2CCC1C13CC1C23. The lowest BCUT2D eigenvalue weighted by Crippen LogP contribution is -2.08. The summed E-state index contributed by atoms with van der Waals surface area (Å²) in [6.45, 7) is 2.51. The van der Waals surface area contributed by atoms with Gasteiger partial charge < -0.3 is 0 Å². The molecular formula is C10H14. The maximum Gasteiger partial charge on any atom is -0.0198 e. The van der Waals surface area contributed by atoms with Crippen LogP contribution in [0.15, 0.2) is 0 Å². The lowest BCUT2D eigenvalue weighted by Gasteiger charge is -2.15. The first-order chi connectivity index (χ1) is 4.86. The Morgan fingerprint density at radius 3 is 2.60 bits per heavy atom. The van der Waals surface area contributed by atoms with Crippen molar-refractivity contribution in [3.63, 3.8) is 0 Å². The van der Waals surface area contributed by atoms with E-state index in [1.54, 1.807) is 19.3 Å². The van der Waals surface area contributed by atoms with Crippen LogP contribution in [-0.4, -0.2) is 0 Å². The summed E-state index contributed by atoms with van der Waals surface area (Å²) in [5.74, 6) is 6.06. The van der Waals surface area contributed by atoms with Crippen LogP contribution >= 0.6 is 0 Å². The van der Waals surface area contributed by atoms with Crippen molar-refractivity contribution in [2.45, 2.75) is 26.2 Å². The van der Waals surface area contributed by atoms with Gasteiger partial charge in [0.2, 0.25) is 0 Å². The molecule has 0 aliphatic heterocycles. The van der Waals surface area contributed by atoms with Crippen LogP contribution in [0.25, 0.3) is 0 Å². The molecule has 4 aliphatic rings. The van der Waals surface area contributed by atoms with E-state index in [2.05, 4.69) is 6.92 Å². The fourth-order valence-electron chi connectivity index (χ4n) is 4.83. The van der Waals surface area contributed by atoms with Crippen molar-refractivity contribution in [2.24, 2.45) is 35.0 Å². The first-order valence-corrected chi connectivity index (χ1v) is 4.86. The van der Waals surface area contributed by atoms with Crippen molar-refractivity contribution in [1.29, 1.82) is 0 Å². The van der Waals surface area contributed by atoms with Crippen molar-refractivity contribution >= 4 is 0 Å². The number of hydrogen-bond acceptors (Lipinski definition) is 0. The number of hydrogen-bond donors (Lipinski definition) is 0. The molecule has 0 aromatic heterocycles. The maximum absolute atomic E-state index is 2.51. The molecule has 54 valence electrons. The van der Waals surface area contributed by atoms with Gasteiger partial charge in [-0.25, -0.2) is 0 Å². The van der Waals surface area contributed by atoms with E-state index in [4.69, 9.17) is 0 Å². The first-order valence-electron chi connectivity index (χ1n) is 4.86.